The summed E-state index contributed by atoms with van der Waals surface area (Å²) in [5, 5.41) is 13.2. The molecule has 2 atom stereocenters. The Morgan fingerprint density at radius 3 is 2.21 bits per heavy atom. The van der Waals surface area contributed by atoms with Gasteiger partial charge in [-0.25, -0.2) is 8.78 Å². The van der Waals surface area contributed by atoms with E-state index in [-0.39, 0.29) is 24.1 Å². The Hall–Kier alpha value is -2.91. The van der Waals surface area contributed by atoms with E-state index in [9.17, 15) is 37.1 Å². The van der Waals surface area contributed by atoms with Crippen LogP contribution in [0.1, 0.15) is 23.2 Å². The Morgan fingerprint density at radius 1 is 1.11 bits per heavy atom. The van der Waals surface area contributed by atoms with E-state index < -0.39 is 48.6 Å². The first-order chi connectivity index (χ1) is 13.1. The molecule has 28 heavy (non-hydrogen) atoms. The van der Waals surface area contributed by atoms with Crippen molar-refractivity contribution in [2.45, 2.75) is 25.2 Å². The van der Waals surface area contributed by atoms with Crippen LogP contribution in [0.5, 0.6) is 0 Å². The lowest BCUT2D eigenvalue weighted by atomic mass is 9.82. The number of rotatable bonds is 7. The zero-order valence-electron chi connectivity index (χ0n) is 14.4. The van der Waals surface area contributed by atoms with Crippen molar-refractivity contribution in [3.63, 3.8) is 0 Å². The van der Waals surface area contributed by atoms with Crippen LogP contribution in [-0.4, -0.2) is 36.8 Å². The molecule has 0 fully saturated rings. The molecule has 0 radical (unpaired) electrons. The molecule has 1 aliphatic carbocycles. The molecule has 1 aromatic carbocycles. The zero-order valence-corrected chi connectivity index (χ0v) is 14.4. The monoisotopic (exact) mass is 402 g/mol. The van der Waals surface area contributed by atoms with Gasteiger partial charge in [-0.05, 0) is 30.5 Å². The van der Waals surface area contributed by atoms with Crippen molar-refractivity contribution in [3.05, 3.63) is 42.0 Å². The van der Waals surface area contributed by atoms with Crippen LogP contribution in [-0.2, 0) is 14.3 Å². The Bertz CT molecular complexity index is 764. The number of nitrogens with one attached hydrogen (secondary N) is 1. The Kier molecular flexibility index (Phi) is 6.76. The maximum absolute atomic E-state index is 12.9. The van der Waals surface area contributed by atoms with Crippen LogP contribution < -0.4 is 10.4 Å². The van der Waals surface area contributed by atoms with Crippen molar-refractivity contribution in [3.8, 4) is 0 Å². The Balaban J connectivity index is 2.03. The summed E-state index contributed by atoms with van der Waals surface area (Å²) in [6, 6.07) is 5.06. The number of carbonyl (C=O) groups is 3. The van der Waals surface area contributed by atoms with E-state index in [1.807, 2.05) is 0 Å². The SMILES string of the molecule is O=C([O-])c1ccc(NC(=O)[C@@H]2CC=CC[C@@H]2C(=O)OCC(F)(F)C(F)F)cc1. The lowest BCUT2D eigenvalue weighted by Crippen LogP contribution is -2.39. The molecule has 0 aromatic heterocycles. The summed E-state index contributed by atoms with van der Waals surface area (Å²) < 4.78 is 54.6. The molecule has 1 N–H and O–H groups in total. The summed E-state index contributed by atoms with van der Waals surface area (Å²) in [4.78, 5) is 35.2. The predicted octanol–water partition coefficient (Wildman–Crippen LogP) is 2.01. The molecule has 0 saturated carbocycles. The van der Waals surface area contributed by atoms with Crippen LogP contribution in [0.3, 0.4) is 0 Å². The molecule has 0 unspecified atom stereocenters. The number of carboxylic acid groups (broad SMARTS) is 1. The summed E-state index contributed by atoms with van der Waals surface area (Å²) in [5.41, 5.74) is 0.154. The maximum atomic E-state index is 12.9. The van der Waals surface area contributed by atoms with E-state index in [2.05, 4.69) is 10.1 Å². The van der Waals surface area contributed by atoms with Crippen LogP contribution in [0, 0.1) is 11.8 Å². The number of allylic oxidation sites excluding steroid dienone is 2. The number of aromatic carboxylic acids is 1. The minimum atomic E-state index is -4.47. The van der Waals surface area contributed by atoms with Crippen molar-refractivity contribution in [1.82, 2.24) is 0 Å². The first kappa shape index (κ1) is 21.4. The minimum absolute atomic E-state index is 0.0286. The number of anilines is 1. The molecule has 0 spiro atoms. The highest BCUT2D eigenvalue weighted by Gasteiger charge is 2.43. The highest BCUT2D eigenvalue weighted by atomic mass is 19.3. The second-order valence-electron chi connectivity index (χ2n) is 6.18. The van der Waals surface area contributed by atoms with Gasteiger partial charge < -0.3 is 20.0 Å². The lowest BCUT2D eigenvalue weighted by molar-refractivity contribution is -0.255. The van der Waals surface area contributed by atoms with Gasteiger partial charge in [0.05, 0.1) is 17.8 Å². The minimum Gasteiger partial charge on any atom is -0.545 e. The molecule has 0 saturated heterocycles. The molecular formula is C18H16F4NO5-. The van der Waals surface area contributed by atoms with Crippen molar-refractivity contribution in [2.75, 3.05) is 11.9 Å². The fourth-order valence-electron chi connectivity index (χ4n) is 2.63. The lowest BCUT2D eigenvalue weighted by Gasteiger charge is -2.26. The van der Waals surface area contributed by atoms with Crippen LogP contribution >= 0.6 is 0 Å². The number of halogens is 4. The highest BCUT2D eigenvalue weighted by molar-refractivity contribution is 5.96. The highest BCUT2D eigenvalue weighted by Crippen LogP contribution is 2.30. The number of benzene rings is 1. The number of carbonyl (C=O) groups excluding carboxylic acids is 3. The normalized spacial score (nSPS) is 19.3. The number of amides is 1. The molecule has 1 aromatic rings. The number of alkyl halides is 4. The molecule has 0 bridgehead atoms. The van der Waals surface area contributed by atoms with Gasteiger partial charge >= 0.3 is 18.3 Å². The third kappa shape index (κ3) is 5.30. The smallest absolute Gasteiger partial charge is 0.340 e. The largest absolute Gasteiger partial charge is 0.545 e. The predicted molar refractivity (Wildman–Crippen MR) is 86.7 cm³/mol. The van der Waals surface area contributed by atoms with Crippen molar-refractivity contribution in [2.24, 2.45) is 11.8 Å². The molecule has 2 rings (SSSR count). The van der Waals surface area contributed by atoms with Gasteiger partial charge in [-0.15, -0.1) is 0 Å². The van der Waals surface area contributed by atoms with E-state index in [0.717, 1.165) is 0 Å². The number of esters is 1. The van der Waals surface area contributed by atoms with Crippen LogP contribution in [0.2, 0.25) is 0 Å². The second kappa shape index (κ2) is 8.85. The molecule has 152 valence electrons. The fraction of sp³-hybridized carbons (Fsp3) is 0.389. The molecular weight excluding hydrogens is 386 g/mol. The van der Waals surface area contributed by atoms with Gasteiger partial charge in [-0.3, -0.25) is 9.59 Å². The first-order valence-corrected chi connectivity index (χ1v) is 8.21. The van der Waals surface area contributed by atoms with Crippen molar-refractivity contribution < 1.29 is 41.8 Å². The molecule has 6 nitrogen and oxygen atoms in total. The summed E-state index contributed by atoms with van der Waals surface area (Å²) in [6.07, 6.45) is -0.639. The standard InChI is InChI=1S/C18H17F4NO5/c19-17(20)18(21,22)9-28-16(27)13-4-2-1-3-12(13)14(24)23-11-7-5-10(6-8-11)15(25)26/h1-2,5-8,12-13,17H,3-4,9H2,(H,23,24)(H,25,26)/p-1/t12-,13+/m1/s1. The fourth-order valence-corrected chi connectivity index (χ4v) is 2.63. The number of ether oxygens (including phenoxy) is 1. The quantitative estimate of drug-likeness (QED) is 0.428. The van der Waals surface area contributed by atoms with Gasteiger partial charge in [0.15, 0.2) is 6.61 Å². The molecule has 0 heterocycles. The Morgan fingerprint density at radius 2 is 1.68 bits per heavy atom. The Labute approximate surface area is 157 Å². The summed E-state index contributed by atoms with van der Waals surface area (Å²) in [5.74, 6) is -9.72. The first-order valence-electron chi connectivity index (χ1n) is 8.21. The van der Waals surface area contributed by atoms with E-state index >= 15 is 0 Å². The van der Waals surface area contributed by atoms with Gasteiger partial charge in [-0.2, -0.15) is 8.78 Å². The van der Waals surface area contributed by atoms with Gasteiger partial charge in [0.25, 0.3) is 0 Å². The average Bonchev–Trinajstić information content (AvgIpc) is 2.66. The molecule has 10 heteroatoms. The zero-order chi connectivity index (χ0) is 20.9. The van der Waals surface area contributed by atoms with Crippen LogP contribution in [0.4, 0.5) is 23.2 Å². The second-order valence-corrected chi connectivity index (χ2v) is 6.18. The van der Waals surface area contributed by atoms with Crippen LogP contribution in [0.15, 0.2) is 36.4 Å². The molecule has 1 amide bonds. The van der Waals surface area contributed by atoms with Gasteiger partial charge in [-0.1, -0.05) is 24.3 Å². The molecule has 1 aliphatic rings. The summed E-state index contributed by atoms with van der Waals surface area (Å²) >= 11 is 0. The van der Waals surface area contributed by atoms with E-state index in [0.29, 0.717) is 0 Å². The summed E-state index contributed by atoms with van der Waals surface area (Å²) in [6.45, 7) is -1.78. The van der Waals surface area contributed by atoms with Gasteiger partial charge in [0.2, 0.25) is 5.91 Å². The topological polar surface area (TPSA) is 95.5 Å². The van der Waals surface area contributed by atoms with Crippen molar-refractivity contribution >= 4 is 23.5 Å². The summed E-state index contributed by atoms with van der Waals surface area (Å²) in [7, 11) is 0. The van der Waals surface area contributed by atoms with Crippen LogP contribution in [0.25, 0.3) is 0 Å². The molecule has 0 aliphatic heterocycles. The third-order valence-corrected chi connectivity index (χ3v) is 4.19. The van der Waals surface area contributed by atoms with Crippen molar-refractivity contribution in [1.29, 1.82) is 0 Å². The number of hydrogen-bond acceptors (Lipinski definition) is 5. The van der Waals surface area contributed by atoms with E-state index in [1.165, 1.54) is 24.3 Å². The van der Waals surface area contributed by atoms with E-state index in [1.54, 1.807) is 12.2 Å². The van der Waals surface area contributed by atoms with Gasteiger partial charge in [0, 0.05) is 5.69 Å². The average molecular weight is 402 g/mol. The van der Waals surface area contributed by atoms with Gasteiger partial charge in [0.1, 0.15) is 0 Å². The maximum Gasteiger partial charge on any atom is 0.340 e. The number of carboxylic acids is 1. The van der Waals surface area contributed by atoms with E-state index in [4.69, 9.17) is 0 Å². The number of hydrogen-bond donors (Lipinski definition) is 1. The third-order valence-electron chi connectivity index (χ3n) is 4.19.